The molecule has 0 bridgehead atoms. The van der Waals surface area contributed by atoms with E-state index >= 15 is 0 Å². The highest BCUT2D eigenvalue weighted by atomic mass is 32.1. The van der Waals surface area contributed by atoms with Crippen molar-refractivity contribution in [1.29, 1.82) is 0 Å². The number of anilines is 1. The van der Waals surface area contributed by atoms with Crippen molar-refractivity contribution >= 4 is 28.8 Å². The van der Waals surface area contributed by atoms with Gasteiger partial charge in [0.05, 0.1) is 9.46 Å². The summed E-state index contributed by atoms with van der Waals surface area (Å²) >= 11 is 1.33. The fourth-order valence-electron chi connectivity index (χ4n) is 2.76. The molecule has 130 valence electrons. The molecule has 0 unspecified atom stereocenters. The summed E-state index contributed by atoms with van der Waals surface area (Å²) in [5.41, 5.74) is 1.68. The second kappa shape index (κ2) is 6.57. The van der Waals surface area contributed by atoms with Crippen LogP contribution in [-0.2, 0) is 6.67 Å². The van der Waals surface area contributed by atoms with E-state index in [1.807, 2.05) is 35.2 Å². The quantitative estimate of drug-likeness (QED) is 0.522. The lowest BCUT2D eigenvalue weighted by Crippen LogP contribution is -2.42. The molecule has 3 aromatic rings. The van der Waals surface area contributed by atoms with Gasteiger partial charge >= 0.3 is 0 Å². The van der Waals surface area contributed by atoms with Gasteiger partial charge in [-0.1, -0.05) is 29.5 Å². The molecule has 0 saturated carbocycles. The third-order valence-corrected chi connectivity index (χ3v) is 5.14. The van der Waals surface area contributed by atoms with Crippen LogP contribution in [-0.4, -0.2) is 16.2 Å². The lowest BCUT2D eigenvalue weighted by atomic mass is 10.2. The Morgan fingerprint density at radius 3 is 2.54 bits per heavy atom. The van der Waals surface area contributed by atoms with Gasteiger partial charge in [0.15, 0.2) is 4.80 Å². The number of hydrogen-bond donors (Lipinski definition) is 0. The van der Waals surface area contributed by atoms with Crippen molar-refractivity contribution in [2.75, 3.05) is 11.6 Å². The van der Waals surface area contributed by atoms with Gasteiger partial charge in [0.2, 0.25) is 0 Å². The molecule has 0 spiro atoms. The average molecular weight is 366 g/mol. The highest BCUT2D eigenvalue weighted by Crippen LogP contribution is 2.15. The summed E-state index contributed by atoms with van der Waals surface area (Å²) in [6.45, 7) is 0.952. The number of nitrogens with zero attached hydrogens (tertiary/aromatic N) is 4. The Morgan fingerprint density at radius 2 is 1.85 bits per heavy atom. The Labute approximate surface area is 151 Å². The summed E-state index contributed by atoms with van der Waals surface area (Å²) in [5, 5.41) is 10.7. The number of non-ortho nitro benzene ring substituents is 1. The molecular weight excluding hydrogens is 352 g/mol. The van der Waals surface area contributed by atoms with E-state index in [1.54, 1.807) is 22.8 Å². The number of thiazole rings is 1. The van der Waals surface area contributed by atoms with Gasteiger partial charge < -0.3 is 4.90 Å². The van der Waals surface area contributed by atoms with E-state index in [-0.39, 0.29) is 11.2 Å². The van der Waals surface area contributed by atoms with Gasteiger partial charge in [-0.25, -0.2) is 4.99 Å². The van der Waals surface area contributed by atoms with Crippen LogP contribution in [0.1, 0.15) is 5.56 Å². The molecule has 0 amide bonds. The fraction of sp³-hybridized carbons (Fsp3) is 0.111. The van der Waals surface area contributed by atoms with Gasteiger partial charge in [0.1, 0.15) is 13.3 Å². The normalized spacial score (nSPS) is 14.0. The van der Waals surface area contributed by atoms with Crippen molar-refractivity contribution in [1.82, 2.24) is 4.57 Å². The van der Waals surface area contributed by atoms with Crippen molar-refractivity contribution in [2.24, 2.45) is 4.99 Å². The van der Waals surface area contributed by atoms with Crippen molar-refractivity contribution < 1.29 is 4.92 Å². The van der Waals surface area contributed by atoms with Crippen LogP contribution in [0.4, 0.5) is 11.4 Å². The minimum Gasteiger partial charge on any atom is -0.334 e. The maximum absolute atomic E-state index is 12.7. The Morgan fingerprint density at radius 1 is 1.12 bits per heavy atom. The second-order valence-electron chi connectivity index (χ2n) is 5.79. The molecule has 8 heteroatoms. The lowest BCUT2D eigenvalue weighted by molar-refractivity contribution is -0.384. The van der Waals surface area contributed by atoms with E-state index in [4.69, 9.17) is 0 Å². The van der Waals surface area contributed by atoms with E-state index in [0.717, 1.165) is 11.3 Å². The summed E-state index contributed by atoms with van der Waals surface area (Å²) < 4.78 is 2.21. The van der Waals surface area contributed by atoms with Crippen LogP contribution >= 0.6 is 11.3 Å². The van der Waals surface area contributed by atoms with Crippen LogP contribution in [0.2, 0.25) is 0 Å². The summed E-state index contributed by atoms with van der Waals surface area (Å²) in [7, 11) is 0. The smallest absolute Gasteiger partial charge is 0.271 e. The molecule has 4 rings (SSSR count). The van der Waals surface area contributed by atoms with Crippen LogP contribution in [0.15, 0.2) is 64.4 Å². The molecule has 0 N–H and O–H groups in total. The lowest BCUT2D eigenvalue weighted by Gasteiger charge is -2.25. The van der Waals surface area contributed by atoms with Crippen LogP contribution < -0.4 is 19.8 Å². The van der Waals surface area contributed by atoms with Gasteiger partial charge in [0.25, 0.3) is 11.2 Å². The Kier molecular flexibility index (Phi) is 4.10. The number of nitro benzene ring substituents is 1. The van der Waals surface area contributed by atoms with E-state index in [2.05, 4.69) is 4.99 Å². The summed E-state index contributed by atoms with van der Waals surface area (Å²) in [6, 6.07) is 16.0. The highest BCUT2D eigenvalue weighted by Gasteiger charge is 2.15. The third kappa shape index (κ3) is 3.02. The third-order valence-electron chi connectivity index (χ3n) is 4.10. The fourth-order valence-corrected chi connectivity index (χ4v) is 3.72. The number of nitro groups is 1. The zero-order chi connectivity index (χ0) is 18.1. The molecule has 1 aromatic heterocycles. The number of benzene rings is 2. The van der Waals surface area contributed by atoms with E-state index in [9.17, 15) is 14.9 Å². The van der Waals surface area contributed by atoms with Gasteiger partial charge in [-0.2, -0.15) is 0 Å². The molecule has 7 nitrogen and oxygen atoms in total. The van der Waals surface area contributed by atoms with Crippen molar-refractivity contribution in [3.63, 3.8) is 0 Å². The van der Waals surface area contributed by atoms with Gasteiger partial charge in [0, 0.05) is 17.8 Å². The molecule has 1 aliphatic rings. The Bertz CT molecular complexity index is 1130. The molecule has 2 aromatic carbocycles. The SMILES string of the molecule is O=c1c(=Cc2ccc([N+](=O)[O-])cc2)sc2n1CN(c1ccccc1)CN=2. The first-order valence-electron chi connectivity index (χ1n) is 7.92. The van der Waals surface area contributed by atoms with Gasteiger partial charge in [-0.3, -0.25) is 19.5 Å². The number of fused-ring (bicyclic) bond motifs is 1. The monoisotopic (exact) mass is 366 g/mol. The van der Waals surface area contributed by atoms with Crippen molar-refractivity contribution in [2.45, 2.75) is 6.67 Å². The molecule has 0 aliphatic carbocycles. The predicted molar refractivity (Wildman–Crippen MR) is 99.8 cm³/mol. The van der Waals surface area contributed by atoms with Crippen LogP contribution in [0.3, 0.4) is 0 Å². The summed E-state index contributed by atoms with van der Waals surface area (Å²) in [6.07, 6.45) is 1.74. The van der Waals surface area contributed by atoms with E-state index < -0.39 is 4.92 Å². The van der Waals surface area contributed by atoms with Crippen molar-refractivity contribution in [3.05, 3.63) is 90.0 Å². The average Bonchev–Trinajstić information content (AvgIpc) is 2.98. The van der Waals surface area contributed by atoms with E-state index in [1.165, 1.54) is 23.5 Å². The number of hydrogen-bond acceptors (Lipinski definition) is 6. The van der Waals surface area contributed by atoms with Crippen molar-refractivity contribution in [3.8, 4) is 0 Å². The molecular formula is C18H14N4O3S. The largest absolute Gasteiger partial charge is 0.334 e. The highest BCUT2D eigenvalue weighted by molar-refractivity contribution is 7.07. The van der Waals surface area contributed by atoms with Crippen LogP contribution in [0.5, 0.6) is 0 Å². The molecule has 0 saturated heterocycles. The second-order valence-corrected chi connectivity index (χ2v) is 6.80. The number of para-hydroxylation sites is 1. The van der Waals surface area contributed by atoms with E-state index in [0.29, 0.717) is 22.7 Å². The zero-order valence-electron chi connectivity index (χ0n) is 13.6. The maximum Gasteiger partial charge on any atom is 0.271 e. The predicted octanol–water partition coefficient (Wildman–Crippen LogP) is 1.70. The molecule has 0 fully saturated rings. The molecule has 1 aliphatic heterocycles. The maximum atomic E-state index is 12.7. The first kappa shape index (κ1) is 16.2. The molecule has 0 atom stereocenters. The molecule has 2 heterocycles. The molecule has 0 radical (unpaired) electrons. The van der Waals surface area contributed by atoms with Crippen LogP contribution in [0.25, 0.3) is 6.08 Å². The zero-order valence-corrected chi connectivity index (χ0v) is 14.4. The van der Waals surface area contributed by atoms with Crippen LogP contribution in [0, 0.1) is 10.1 Å². The Hall–Kier alpha value is -3.26. The minimum atomic E-state index is -0.445. The van der Waals surface area contributed by atoms with Gasteiger partial charge in [-0.15, -0.1) is 0 Å². The number of aromatic nitrogens is 1. The Balaban J connectivity index is 1.69. The number of rotatable bonds is 3. The summed E-state index contributed by atoms with van der Waals surface area (Å²) in [4.78, 5) is 30.2. The first-order valence-corrected chi connectivity index (χ1v) is 8.74. The van der Waals surface area contributed by atoms with Gasteiger partial charge in [-0.05, 0) is 35.9 Å². The topological polar surface area (TPSA) is 80.7 Å². The standard InChI is InChI=1S/C18H14N4O3S/c23-17-16(10-13-6-8-15(9-7-13)22(24)25)26-18-19-11-20(12-21(17)18)14-4-2-1-3-5-14/h1-10H,11-12H2. The molecule has 26 heavy (non-hydrogen) atoms. The summed E-state index contributed by atoms with van der Waals surface area (Å²) in [5.74, 6) is 0. The minimum absolute atomic E-state index is 0.0258. The first-order chi connectivity index (χ1) is 12.6.